The van der Waals surface area contributed by atoms with Crippen molar-refractivity contribution < 1.29 is 4.74 Å². The first-order valence-corrected chi connectivity index (χ1v) is 11.0. The lowest BCUT2D eigenvalue weighted by Crippen LogP contribution is -2.40. The smallest absolute Gasteiger partial charge is 0.193 e. The number of hydrogen-bond acceptors (Lipinski definition) is 4. The van der Waals surface area contributed by atoms with Gasteiger partial charge in [0.2, 0.25) is 0 Å². The molecule has 0 spiro atoms. The molecular weight excluding hydrogens is 495 g/mol. The summed E-state index contributed by atoms with van der Waals surface area (Å²) >= 11 is 1.71. The van der Waals surface area contributed by atoms with E-state index >= 15 is 0 Å². The van der Waals surface area contributed by atoms with Gasteiger partial charge in [-0.05, 0) is 32.1 Å². The van der Waals surface area contributed by atoms with Gasteiger partial charge in [0.05, 0.1) is 5.69 Å². The Balaban J connectivity index is 0.00000300. The molecule has 160 valence electrons. The number of nitrogens with zero attached hydrogens (tertiary/aromatic N) is 3. The van der Waals surface area contributed by atoms with Crippen molar-refractivity contribution in [3.63, 3.8) is 0 Å². The number of rotatable bonds is 7. The largest absolute Gasteiger partial charge is 0.381 e. The van der Waals surface area contributed by atoms with Crippen molar-refractivity contribution in [1.82, 2.24) is 15.2 Å². The summed E-state index contributed by atoms with van der Waals surface area (Å²) in [6, 6.07) is 8.56. The molecular formula is C22H33IN4OS. The summed E-state index contributed by atoms with van der Waals surface area (Å²) in [5, 5.41) is 6.73. The van der Waals surface area contributed by atoms with Crippen LogP contribution in [0.2, 0.25) is 0 Å². The maximum absolute atomic E-state index is 5.45. The van der Waals surface area contributed by atoms with Crippen LogP contribution >= 0.6 is 35.3 Å². The minimum atomic E-state index is 0. The fraction of sp³-hybridized carbons (Fsp3) is 0.545. The van der Waals surface area contributed by atoms with Crippen LogP contribution in [0.25, 0.3) is 10.6 Å². The van der Waals surface area contributed by atoms with E-state index in [0.717, 1.165) is 55.3 Å². The van der Waals surface area contributed by atoms with Gasteiger partial charge in [-0.2, -0.15) is 0 Å². The topological polar surface area (TPSA) is 49.8 Å². The highest BCUT2D eigenvalue weighted by Gasteiger charge is 2.15. The summed E-state index contributed by atoms with van der Waals surface area (Å²) in [5.41, 5.74) is 3.60. The van der Waals surface area contributed by atoms with Gasteiger partial charge in [-0.1, -0.05) is 29.8 Å². The predicted molar refractivity (Wildman–Crippen MR) is 134 cm³/mol. The number of hydrogen-bond donors (Lipinski definition) is 1. The Morgan fingerprint density at radius 1 is 1.28 bits per heavy atom. The Bertz CT molecular complexity index is 756. The number of ether oxygens (including phenoxy) is 1. The van der Waals surface area contributed by atoms with Crippen molar-refractivity contribution in [3.8, 4) is 10.6 Å². The van der Waals surface area contributed by atoms with Crippen LogP contribution in [0, 0.1) is 12.8 Å². The fourth-order valence-electron chi connectivity index (χ4n) is 3.45. The molecule has 0 bridgehead atoms. The number of halogens is 1. The summed E-state index contributed by atoms with van der Waals surface area (Å²) < 4.78 is 5.45. The van der Waals surface area contributed by atoms with Gasteiger partial charge in [-0.3, -0.25) is 4.99 Å². The molecule has 1 saturated heterocycles. The zero-order valence-electron chi connectivity index (χ0n) is 17.7. The van der Waals surface area contributed by atoms with E-state index in [4.69, 9.17) is 9.72 Å². The quantitative estimate of drug-likeness (QED) is 0.324. The first kappa shape index (κ1) is 24.1. The third-order valence-corrected chi connectivity index (χ3v) is 6.24. The molecule has 1 fully saturated rings. The Morgan fingerprint density at radius 2 is 2.00 bits per heavy atom. The molecule has 1 N–H and O–H groups in total. The van der Waals surface area contributed by atoms with Gasteiger partial charge in [-0.15, -0.1) is 35.3 Å². The van der Waals surface area contributed by atoms with Gasteiger partial charge in [0.1, 0.15) is 5.01 Å². The van der Waals surface area contributed by atoms with Crippen molar-refractivity contribution in [2.24, 2.45) is 10.9 Å². The molecule has 1 aliphatic rings. The number of guanidine groups is 1. The maximum atomic E-state index is 5.45. The molecule has 0 radical (unpaired) electrons. The van der Waals surface area contributed by atoms with Crippen LogP contribution in [0.5, 0.6) is 0 Å². The second-order valence-electron chi connectivity index (χ2n) is 7.50. The molecule has 1 aromatic carbocycles. The van der Waals surface area contributed by atoms with Crippen molar-refractivity contribution in [1.29, 1.82) is 0 Å². The van der Waals surface area contributed by atoms with E-state index in [-0.39, 0.29) is 24.0 Å². The molecule has 3 rings (SSSR count). The molecule has 7 heteroatoms. The SMILES string of the molecule is CN=C(NCCc1csc(-c2ccc(C)cc2)n1)N(C)CCC1CCOCC1.I. The standard InChI is InChI=1S/C22H32N4OS.HI/c1-17-4-6-19(7-5-17)21-25-20(16-28-21)8-12-24-22(23-2)26(3)13-9-18-10-14-27-15-11-18;/h4-7,16,18H,8-15H2,1-3H3,(H,23,24);1H. The summed E-state index contributed by atoms with van der Waals surface area (Å²) in [6.45, 7) is 5.80. The van der Waals surface area contributed by atoms with Crippen LogP contribution in [0.4, 0.5) is 0 Å². The molecule has 0 amide bonds. The molecule has 0 unspecified atom stereocenters. The summed E-state index contributed by atoms with van der Waals surface area (Å²) in [4.78, 5) is 11.5. The molecule has 1 aromatic heterocycles. The van der Waals surface area contributed by atoms with Crippen molar-refractivity contribution in [2.75, 3.05) is 40.4 Å². The first-order valence-electron chi connectivity index (χ1n) is 10.2. The van der Waals surface area contributed by atoms with Gasteiger partial charge in [-0.25, -0.2) is 4.98 Å². The van der Waals surface area contributed by atoms with E-state index < -0.39 is 0 Å². The second-order valence-corrected chi connectivity index (χ2v) is 8.36. The van der Waals surface area contributed by atoms with Gasteiger partial charge in [0.25, 0.3) is 0 Å². The van der Waals surface area contributed by atoms with E-state index in [1.54, 1.807) is 11.3 Å². The molecule has 2 heterocycles. The molecule has 1 aliphatic heterocycles. The van der Waals surface area contributed by atoms with Gasteiger partial charge < -0.3 is 15.0 Å². The minimum absolute atomic E-state index is 0. The van der Waals surface area contributed by atoms with Crippen LogP contribution in [0.3, 0.4) is 0 Å². The van der Waals surface area contributed by atoms with Crippen LogP contribution < -0.4 is 5.32 Å². The van der Waals surface area contributed by atoms with E-state index in [1.165, 1.54) is 30.4 Å². The third-order valence-electron chi connectivity index (χ3n) is 5.30. The molecule has 2 aromatic rings. The molecule has 0 atom stereocenters. The highest BCUT2D eigenvalue weighted by atomic mass is 127. The van der Waals surface area contributed by atoms with Crippen LogP contribution in [0.15, 0.2) is 34.6 Å². The third kappa shape index (κ3) is 7.53. The number of nitrogens with one attached hydrogen (secondary N) is 1. The molecule has 5 nitrogen and oxygen atoms in total. The average Bonchev–Trinajstić information content (AvgIpc) is 3.19. The van der Waals surface area contributed by atoms with Gasteiger partial charge >= 0.3 is 0 Å². The lowest BCUT2D eigenvalue weighted by molar-refractivity contribution is 0.0625. The summed E-state index contributed by atoms with van der Waals surface area (Å²) in [7, 11) is 3.97. The van der Waals surface area contributed by atoms with Crippen LogP contribution in [-0.4, -0.2) is 56.2 Å². The van der Waals surface area contributed by atoms with E-state index in [9.17, 15) is 0 Å². The highest BCUT2D eigenvalue weighted by molar-refractivity contribution is 14.0. The second kappa shape index (κ2) is 12.5. The zero-order valence-corrected chi connectivity index (χ0v) is 20.8. The van der Waals surface area contributed by atoms with E-state index in [1.807, 2.05) is 7.05 Å². The van der Waals surface area contributed by atoms with Crippen LogP contribution in [-0.2, 0) is 11.2 Å². The van der Waals surface area contributed by atoms with E-state index in [0.29, 0.717) is 0 Å². The number of thiazole rings is 1. The molecule has 0 saturated carbocycles. The van der Waals surface area contributed by atoms with Crippen molar-refractivity contribution in [3.05, 3.63) is 40.9 Å². The predicted octanol–water partition coefficient (Wildman–Crippen LogP) is 4.60. The summed E-state index contributed by atoms with van der Waals surface area (Å²) in [5.74, 6) is 1.74. The monoisotopic (exact) mass is 528 g/mol. The lowest BCUT2D eigenvalue weighted by atomic mass is 9.96. The number of aromatic nitrogens is 1. The lowest BCUT2D eigenvalue weighted by Gasteiger charge is -2.26. The van der Waals surface area contributed by atoms with Gasteiger partial charge in [0, 0.05) is 57.8 Å². The fourth-order valence-corrected chi connectivity index (χ4v) is 4.32. The maximum Gasteiger partial charge on any atom is 0.193 e. The normalized spacial score (nSPS) is 15.1. The molecule has 29 heavy (non-hydrogen) atoms. The van der Waals surface area contributed by atoms with Crippen LogP contribution in [0.1, 0.15) is 30.5 Å². The number of aryl methyl sites for hydroxylation is 1. The Hall–Kier alpha value is -1.19. The Labute approximate surface area is 196 Å². The highest BCUT2D eigenvalue weighted by Crippen LogP contribution is 2.24. The minimum Gasteiger partial charge on any atom is -0.381 e. The molecule has 0 aliphatic carbocycles. The Kier molecular flexibility index (Phi) is 10.4. The van der Waals surface area contributed by atoms with Gasteiger partial charge in [0.15, 0.2) is 5.96 Å². The Morgan fingerprint density at radius 3 is 2.69 bits per heavy atom. The summed E-state index contributed by atoms with van der Waals surface area (Å²) in [6.07, 6.45) is 4.47. The number of aliphatic imine (C=N–C) groups is 1. The zero-order chi connectivity index (χ0) is 19.8. The average molecular weight is 529 g/mol. The first-order chi connectivity index (χ1) is 13.7. The van der Waals surface area contributed by atoms with Crippen molar-refractivity contribution >= 4 is 41.3 Å². The van der Waals surface area contributed by atoms with Crippen molar-refractivity contribution in [2.45, 2.75) is 32.6 Å². The van der Waals surface area contributed by atoms with E-state index in [2.05, 4.69) is 58.8 Å². The number of benzene rings is 1.